The minimum atomic E-state index is 0.537. The van der Waals surface area contributed by atoms with Gasteiger partial charge in [0.2, 0.25) is 0 Å². The number of allylic oxidation sites excluding steroid dienone is 1. The molecule has 0 aromatic heterocycles. The zero-order valence-electron chi connectivity index (χ0n) is 7.80. The second kappa shape index (κ2) is 2.98. The number of nitrogens with one attached hydrogen (secondary N) is 2. The van der Waals surface area contributed by atoms with Crippen LogP contribution in [0.1, 0.15) is 20.3 Å². The van der Waals surface area contributed by atoms with Crippen molar-refractivity contribution in [3.05, 3.63) is 11.9 Å². The summed E-state index contributed by atoms with van der Waals surface area (Å²) >= 11 is 0. The van der Waals surface area contributed by atoms with E-state index in [0.29, 0.717) is 12.2 Å². The van der Waals surface area contributed by atoms with Crippen LogP contribution < -0.4 is 10.6 Å². The quantitative estimate of drug-likeness (QED) is 0.549. The van der Waals surface area contributed by atoms with E-state index in [2.05, 4.69) is 35.6 Å². The van der Waals surface area contributed by atoms with Crippen LogP contribution in [0.25, 0.3) is 0 Å². The van der Waals surface area contributed by atoms with Crippen molar-refractivity contribution in [1.82, 2.24) is 15.5 Å². The van der Waals surface area contributed by atoms with Crippen molar-refractivity contribution in [2.24, 2.45) is 0 Å². The number of rotatable bonds is 0. The van der Waals surface area contributed by atoms with Crippen LogP contribution in [0.2, 0.25) is 0 Å². The smallest absolute Gasteiger partial charge is 0.0998 e. The molecule has 0 radical (unpaired) electrons. The number of fused-ring (bicyclic) bond motifs is 1. The lowest BCUT2D eigenvalue weighted by Gasteiger charge is -2.23. The highest BCUT2D eigenvalue weighted by Crippen LogP contribution is 2.16. The standard InChI is InChI=1S/C9H17N3/c1-7-5-9-11-8(2)6-12(9)4-3-10-7/h6-7,9-11H,3-5H2,1-2H3. The molecule has 2 aliphatic heterocycles. The predicted octanol–water partition coefficient (Wildman–Crippen LogP) is 0.461. The van der Waals surface area contributed by atoms with Crippen molar-refractivity contribution in [2.45, 2.75) is 32.5 Å². The lowest BCUT2D eigenvalue weighted by Crippen LogP contribution is -2.37. The van der Waals surface area contributed by atoms with E-state index < -0.39 is 0 Å². The third-order valence-electron chi connectivity index (χ3n) is 2.59. The van der Waals surface area contributed by atoms with Crippen molar-refractivity contribution in [2.75, 3.05) is 13.1 Å². The minimum Gasteiger partial charge on any atom is -0.368 e. The Balaban J connectivity index is 2.05. The van der Waals surface area contributed by atoms with Crippen LogP contribution >= 0.6 is 0 Å². The summed E-state index contributed by atoms with van der Waals surface area (Å²) in [5.41, 5.74) is 1.30. The average Bonchev–Trinajstić information content (AvgIpc) is 2.23. The fraction of sp³-hybridized carbons (Fsp3) is 0.778. The Kier molecular flexibility index (Phi) is 1.97. The van der Waals surface area contributed by atoms with Gasteiger partial charge in [0.25, 0.3) is 0 Å². The molecule has 0 aromatic carbocycles. The van der Waals surface area contributed by atoms with Gasteiger partial charge in [-0.2, -0.15) is 0 Å². The van der Waals surface area contributed by atoms with Crippen LogP contribution in [0.3, 0.4) is 0 Å². The molecule has 2 atom stereocenters. The van der Waals surface area contributed by atoms with Gasteiger partial charge in [-0.25, -0.2) is 0 Å². The molecular weight excluding hydrogens is 150 g/mol. The monoisotopic (exact) mass is 167 g/mol. The fourth-order valence-corrected chi connectivity index (χ4v) is 1.99. The molecule has 2 aliphatic rings. The SMILES string of the molecule is CC1=CN2CCNC(C)CC2N1. The van der Waals surface area contributed by atoms with E-state index in [1.54, 1.807) is 0 Å². The van der Waals surface area contributed by atoms with E-state index in [0.717, 1.165) is 13.1 Å². The third kappa shape index (κ3) is 1.41. The molecule has 2 heterocycles. The molecule has 3 heteroatoms. The van der Waals surface area contributed by atoms with E-state index in [-0.39, 0.29) is 0 Å². The number of hydrogen-bond donors (Lipinski definition) is 2. The summed E-state index contributed by atoms with van der Waals surface area (Å²) in [6.45, 7) is 6.61. The Morgan fingerprint density at radius 1 is 1.58 bits per heavy atom. The molecule has 0 aromatic rings. The van der Waals surface area contributed by atoms with E-state index in [9.17, 15) is 0 Å². The van der Waals surface area contributed by atoms with Crippen LogP contribution in [0.4, 0.5) is 0 Å². The molecule has 2 rings (SSSR count). The van der Waals surface area contributed by atoms with Crippen LogP contribution in [0, 0.1) is 0 Å². The first-order valence-corrected chi connectivity index (χ1v) is 4.70. The van der Waals surface area contributed by atoms with E-state index in [1.807, 2.05) is 0 Å². The van der Waals surface area contributed by atoms with Gasteiger partial charge in [-0.1, -0.05) is 0 Å². The highest BCUT2D eigenvalue weighted by molar-refractivity contribution is 5.06. The van der Waals surface area contributed by atoms with Gasteiger partial charge < -0.3 is 15.5 Å². The molecule has 12 heavy (non-hydrogen) atoms. The Labute approximate surface area is 73.8 Å². The molecule has 0 bridgehead atoms. The van der Waals surface area contributed by atoms with Gasteiger partial charge in [0.1, 0.15) is 0 Å². The van der Waals surface area contributed by atoms with Crippen LogP contribution in [-0.4, -0.2) is 30.2 Å². The largest absolute Gasteiger partial charge is 0.368 e. The van der Waals surface area contributed by atoms with Gasteiger partial charge >= 0.3 is 0 Å². The minimum absolute atomic E-state index is 0.537. The summed E-state index contributed by atoms with van der Waals surface area (Å²) in [6.07, 6.45) is 3.95. The van der Waals surface area contributed by atoms with Crippen molar-refractivity contribution in [3.8, 4) is 0 Å². The topological polar surface area (TPSA) is 27.3 Å². The summed E-state index contributed by atoms with van der Waals surface area (Å²) in [7, 11) is 0. The summed E-state index contributed by atoms with van der Waals surface area (Å²) in [5.74, 6) is 0. The maximum atomic E-state index is 3.48. The van der Waals surface area contributed by atoms with Gasteiger partial charge in [-0.05, 0) is 13.8 Å². The molecule has 0 amide bonds. The molecule has 0 saturated carbocycles. The van der Waals surface area contributed by atoms with Crippen molar-refractivity contribution in [1.29, 1.82) is 0 Å². The average molecular weight is 167 g/mol. The molecular formula is C9H17N3. The van der Waals surface area contributed by atoms with Gasteiger partial charge in [0.05, 0.1) is 6.17 Å². The lowest BCUT2D eigenvalue weighted by molar-refractivity contribution is 0.283. The third-order valence-corrected chi connectivity index (χ3v) is 2.59. The van der Waals surface area contributed by atoms with Gasteiger partial charge in [0.15, 0.2) is 0 Å². The number of hydrogen-bond acceptors (Lipinski definition) is 3. The molecule has 0 spiro atoms. The maximum absolute atomic E-state index is 3.48. The van der Waals surface area contributed by atoms with Crippen LogP contribution in [0.15, 0.2) is 11.9 Å². The zero-order chi connectivity index (χ0) is 8.55. The molecule has 2 unspecified atom stereocenters. The molecule has 3 nitrogen and oxygen atoms in total. The first-order valence-electron chi connectivity index (χ1n) is 4.70. The van der Waals surface area contributed by atoms with E-state index in [4.69, 9.17) is 0 Å². The summed E-state index contributed by atoms with van der Waals surface area (Å²) in [5, 5.41) is 6.95. The first kappa shape index (κ1) is 7.92. The summed E-state index contributed by atoms with van der Waals surface area (Å²) in [4.78, 5) is 2.39. The van der Waals surface area contributed by atoms with Crippen molar-refractivity contribution in [3.63, 3.8) is 0 Å². The highest BCUT2D eigenvalue weighted by atomic mass is 15.3. The zero-order valence-corrected chi connectivity index (χ0v) is 7.80. The number of nitrogens with zero attached hydrogens (tertiary/aromatic N) is 1. The van der Waals surface area contributed by atoms with Gasteiger partial charge in [0, 0.05) is 37.4 Å². The van der Waals surface area contributed by atoms with Crippen molar-refractivity contribution < 1.29 is 0 Å². The summed E-state index contributed by atoms with van der Waals surface area (Å²) < 4.78 is 0. The van der Waals surface area contributed by atoms with Crippen molar-refractivity contribution >= 4 is 0 Å². The fourth-order valence-electron chi connectivity index (χ4n) is 1.99. The molecule has 1 fully saturated rings. The van der Waals surface area contributed by atoms with Crippen LogP contribution in [0.5, 0.6) is 0 Å². The Bertz CT molecular complexity index is 200. The molecule has 1 saturated heterocycles. The maximum Gasteiger partial charge on any atom is 0.0998 e. The lowest BCUT2D eigenvalue weighted by atomic mass is 10.2. The van der Waals surface area contributed by atoms with Gasteiger partial charge in [-0.3, -0.25) is 0 Å². The second-order valence-corrected chi connectivity index (χ2v) is 3.80. The molecule has 2 N–H and O–H groups in total. The predicted molar refractivity (Wildman–Crippen MR) is 49.5 cm³/mol. The normalized spacial score (nSPS) is 35.2. The Morgan fingerprint density at radius 2 is 2.42 bits per heavy atom. The molecule has 0 aliphatic carbocycles. The first-order chi connectivity index (χ1) is 5.75. The van der Waals surface area contributed by atoms with Crippen LogP contribution in [-0.2, 0) is 0 Å². The Hall–Kier alpha value is -0.700. The summed E-state index contributed by atoms with van der Waals surface area (Å²) in [6, 6.07) is 0.631. The van der Waals surface area contributed by atoms with E-state index >= 15 is 0 Å². The van der Waals surface area contributed by atoms with Gasteiger partial charge in [-0.15, -0.1) is 0 Å². The second-order valence-electron chi connectivity index (χ2n) is 3.80. The molecule has 68 valence electrons. The highest BCUT2D eigenvalue weighted by Gasteiger charge is 2.25. The van der Waals surface area contributed by atoms with E-state index in [1.165, 1.54) is 12.1 Å². The Morgan fingerprint density at radius 3 is 3.25 bits per heavy atom.